The first-order valence-electron chi connectivity index (χ1n) is 8.92. The summed E-state index contributed by atoms with van der Waals surface area (Å²) in [7, 11) is 0. The van der Waals surface area contributed by atoms with Gasteiger partial charge in [-0.15, -0.1) is 11.3 Å². The van der Waals surface area contributed by atoms with E-state index in [1.807, 2.05) is 17.5 Å². The largest absolute Gasteiger partial charge is 0.338 e. The van der Waals surface area contributed by atoms with E-state index < -0.39 is 0 Å². The summed E-state index contributed by atoms with van der Waals surface area (Å²) < 4.78 is 5.38. The lowest BCUT2D eigenvalue weighted by atomic mass is 9.97. The van der Waals surface area contributed by atoms with Gasteiger partial charge in [0.25, 0.3) is 0 Å². The van der Waals surface area contributed by atoms with Crippen LogP contribution in [0.25, 0.3) is 10.7 Å². The van der Waals surface area contributed by atoms with E-state index >= 15 is 0 Å². The molecule has 0 radical (unpaired) electrons. The predicted molar refractivity (Wildman–Crippen MR) is 111 cm³/mol. The Morgan fingerprint density at radius 2 is 2.14 bits per heavy atom. The van der Waals surface area contributed by atoms with Crippen molar-refractivity contribution in [2.75, 3.05) is 18.4 Å². The third-order valence-electron chi connectivity index (χ3n) is 4.57. The molecule has 146 valence electrons. The maximum Gasteiger partial charge on any atom is 0.241 e. The highest BCUT2D eigenvalue weighted by molar-refractivity contribution is 7.13. The molecule has 0 bridgehead atoms. The van der Waals surface area contributed by atoms with Gasteiger partial charge in [-0.25, -0.2) is 0 Å². The first-order valence-corrected chi connectivity index (χ1v) is 10.6. The Hall–Kier alpha value is -1.93. The lowest BCUT2D eigenvalue weighted by Crippen LogP contribution is -2.40. The van der Waals surface area contributed by atoms with Gasteiger partial charge in [0.1, 0.15) is 0 Å². The molecule has 3 aromatic rings. The number of rotatable bonds is 5. The second kappa shape index (κ2) is 8.61. The summed E-state index contributed by atoms with van der Waals surface area (Å²) >= 11 is 13.6. The van der Waals surface area contributed by atoms with Crippen LogP contribution in [0.3, 0.4) is 0 Å². The van der Waals surface area contributed by atoms with Crippen molar-refractivity contribution in [3.8, 4) is 10.7 Å². The fourth-order valence-corrected chi connectivity index (χ4v) is 4.47. The van der Waals surface area contributed by atoms with Crippen molar-refractivity contribution in [3.05, 3.63) is 51.6 Å². The van der Waals surface area contributed by atoms with Gasteiger partial charge in [0.2, 0.25) is 17.6 Å². The molecule has 1 aliphatic heterocycles. The molecule has 0 spiro atoms. The van der Waals surface area contributed by atoms with Gasteiger partial charge in [0.05, 0.1) is 17.3 Å². The van der Waals surface area contributed by atoms with Crippen LogP contribution >= 0.6 is 34.5 Å². The van der Waals surface area contributed by atoms with Crippen molar-refractivity contribution in [3.63, 3.8) is 0 Å². The molecule has 0 aliphatic carbocycles. The third kappa shape index (κ3) is 4.72. The van der Waals surface area contributed by atoms with Crippen LogP contribution in [0.5, 0.6) is 0 Å². The van der Waals surface area contributed by atoms with E-state index in [1.54, 1.807) is 29.5 Å². The summed E-state index contributed by atoms with van der Waals surface area (Å²) in [6.45, 7) is 2.06. The van der Waals surface area contributed by atoms with Crippen LogP contribution < -0.4 is 5.32 Å². The Bertz CT molecular complexity index is 941. The maximum atomic E-state index is 12.7. The Balaban J connectivity index is 1.37. The predicted octanol–water partition coefficient (Wildman–Crippen LogP) is 4.96. The Labute approximate surface area is 176 Å². The molecule has 3 heterocycles. The molecule has 9 heteroatoms. The lowest BCUT2D eigenvalue weighted by Gasteiger charge is -2.30. The molecule has 1 N–H and O–H groups in total. The number of hydrogen-bond acceptors (Lipinski definition) is 6. The molecule has 1 saturated heterocycles. The van der Waals surface area contributed by atoms with Crippen molar-refractivity contribution in [1.29, 1.82) is 0 Å². The van der Waals surface area contributed by atoms with Crippen LogP contribution in [0.4, 0.5) is 5.69 Å². The van der Waals surface area contributed by atoms with Gasteiger partial charge in [0, 0.05) is 22.3 Å². The van der Waals surface area contributed by atoms with E-state index in [-0.39, 0.29) is 11.8 Å². The van der Waals surface area contributed by atoms with Gasteiger partial charge in [0.15, 0.2) is 0 Å². The summed E-state index contributed by atoms with van der Waals surface area (Å²) in [4.78, 5) is 20.3. The van der Waals surface area contributed by atoms with E-state index in [2.05, 4.69) is 20.4 Å². The van der Waals surface area contributed by atoms with Crippen molar-refractivity contribution in [2.45, 2.75) is 19.4 Å². The molecule has 1 unspecified atom stereocenters. The van der Waals surface area contributed by atoms with Gasteiger partial charge in [-0.2, -0.15) is 4.98 Å². The van der Waals surface area contributed by atoms with E-state index in [0.29, 0.717) is 40.5 Å². The van der Waals surface area contributed by atoms with Gasteiger partial charge in [-0.1, -0.05) is 34.4 Å². The average molecular weight is 437 g/mol. The number of anilines is 1. The minimum absolute atomic E-state index is 0.0344. The number of thiophene rings is 1. The molecule has 4 rings (SSSR count). The molecule has 0 saturated carbocycles. The van der Waals surface area contributed by atoms with E-state index in [9.17, 15) is 4.79 Å². The molecule has 1 aliphatic rings. The number of piperidine rings is 1. The molecule has 1 atom stereocenters. The number of benzene rings is 1. The summed E-state index contributed by atoms with van der Waals surface area (Å²) in [6, 6.07) is 8.93. The second-order valence-corrected chi connectivity index (χ2v) is 8.53. The monoisotopic (exact) mass is 436 g/mol. The van der Waals surface area contributed by atoms with E-state index in [1.165, 1.54) is 0 Å². The average Bonchev–Trinajstić information content (AvgIpc) is 3.32. The number of likely N-dealkylation sites (tertiary alicyclic amines) is 1. The second-order valence-electron chi connectivity index (χ2n) is 6.71. The fourth-order valence-electron chi connectivity index (χ4n) is 3.30. The maximum absolute atomic E-state index is 12.7. The van der Waals surface area contributed by atoms with Crippen molar-refractivity contribution in [2.24, 2.45) is 5.92 Å². The summed E-state index contributed by atoms with van der Waals surface area (Å²) in [6.07, 6.45) is 1.77. The molecule has 1 amide bonds. The summed E-state index contributed by atoms with van der Waals surface area (Å²) in [5.74, 6) is 1.01. The topological polar surface area (TPSA) is 71.3 Å². The van der Waals surface area contributed by atoms with E-state index in [0.717, 1.165) is 24.3 Å². The van der Waals surface area contributed by atoms with Gasteiger partial charge in [-0.05, 0) is 49.0 Å². The zero-order valence-corrected chi connectivity index (χ0v) is 17.2. The lowest BCUT2D eigenvalue weighted by molar-refractivity contribution is -0.121. The molecule has 1 aromatic carbocycles. The summed E-state index contributed by atoms with van der Waals surface area (Å²) in [5.41, 5.74) is 0.608. The normalized spacial score (nSPS) is 17.6. The third-order valence-corrected chi connectivity index (χ3v) is 5.88. The van der Waals surface area contributed by atoms with Gasteiger partial charge in [-0.3, -0.25) is 9.69 Å². The minimum atomic E-state index is -0.119. The Kier molecular flexibility index (Phi) is 5.96. The number of carbonyl (C=O) groups excluding carboxylic acids is 1. The standard InChI is InChI=1S/C19H18Cl2N4O2S/c20-13-7-14(21)9-15(8-13)22-19(26)12-3-1-5-25(10-12)11-17-23-18(24-27-17)16-4-2-6-28-16/h2,4,6-9,12H,1,3,5,10-11H2,(H,22,26). The van der Waals surface area contributed by atoms with E-state index in [4.69, 9.17) is 27.7 Å². The van der Waals surface area contributed by atoms with Gasteiger partial charge >= 0.3 is 0 Å². The quantitative estimate of drug-likeness (QED) is 0.611. The van der Waals surface area contributed by atoms with Crippen molar-refractivity contribution >= 4 is 46.1 Å². The SMILES string of the molecule is O=C(Nc1cc(Cl)cc(Cl)c1)C1CCCN(Cc2nc(-c3cccs3)no2)C1. The highest BCUT2D eigenvalue weighted by Gasteiger charge is 2.27. The van der Waals surface area contributed by atoms with Crippen LogP contribution in [0.1, 0.15) is 18.7 Å². The smallest absolute Gasteiger partial charge is 0.241 e. The number of nitrogens with zero attached hydrogens (tertiary/aromatic N) is 3. The number of nitrogens with one attached hydrogen (secondary N) is 1. The fraction of sp³-hybridized carbons (Fsp3) is 0.316. The number of hydrogen-bond donors (Lipinski definition) is 1. The minimum Gasteiger partial charge on any atom is -0.338 e. The molecule has 2 aromatic heterocycles. The molecule has 6 nitrogen and oxygen atoms in total. The number of aromatic nitrogens is 2. The molecular weight excluding hydrogens is 419 g/mol. The highest BCUT2D eigenvalue weighted by Crippen LogP contribution is 2.25. The highest BCUT2D eigenvalue weighted by atomic mass is 35.5. The first-order chi connectivity index (χ1) is 13.6. The van der Waals surface area contributed by atoms with Crippen LogP contribution in [-0.4, -0.2) is 34.0 Å². The first kappa shape index (κ1) is 19.4. The van der Waals surface area contributed by atoms with Gasteiger partial charge < -0.3 is 9.84 Å². The molecule has 28 heavy (non-hydrogen) atoms. The number of carbonyl (C=O) groups is 1. The number of amides is 1. The van der Waals surface area contributed by atoms with Crippen LogP contribution in [-0.2, 0) is 11.3 Å². The zero-order valence-electron chi connectivity index (χ0n) is 14.9. The van der Waals surface area contributed by atoms with Crippen LogP contribution in [0.2, 0.25) is 10.0 Å². The van der Waals surface area contributed by atoms with Crippen LogP contribution in [0, 0.1) is 5.92 Å². The zero-order chi connectivity index (χ0) is 19.5. The molecular formula is C19H18Cl2N4O2S. The molecule has 1 fully saturated rings. The summed E-state index contributed by atoms with van der Waals surface area (Å²) in [5, 5.41) is 9.92. The Morgan fingerprint density at radius 3 is 2.89 bits per heavy atom. The number of halogens is 2. The van der Waals surface area contributed by atoms with Crippen molar-refractivity contribution in [1.82, 2.24) is 15.0 Å². The van der Waals surface area contributed by atoms with Crippen LogP contribution in [0.15, 0.2) is 40.2 Å². The Morgan fingerprint density at radius 1 is 1.32 bits per heavy atom. The van der Waals surface area contributed by atoms with Crippen molar-refractivity contribution < 1.29 is 9.32 Å².